The van der Waals surface area contributed by atoms with E-state index in [9.17, 15) is 9.59 Å². The molecule has 0 aliphatic heterocycles. The van der Waals surface area contributed by atoms with Crippen molar-refractivity contribution in [1.29, 1.82) is 0 Å². The number of benzene rings is 2. The van der Waals surface area contributed by atoms with Crippen LogP contribution in [0.4, 0.5) is 0 Å². The van der Waals surface area contributed by atoms with Crippen LogP contribution in [0.1, 0.15) is 16.1 Å². The summed E-state index contributed by atoms with van der Waals surface area (Å²) in [5.41, 5.74) is 2.13. The number of hydrogen-bond acceptors (Lipinski definition) is 2. The Balaban J connectivity index is 1.88. The van der Waals surface area contributed by atoms with Crippen molar-refractivity contribution in [2.45, 2.75) is 6.54 Å². The fourth-order valence-corrected chi connectivity index (χ4v) is 2.53. The van der Waals surface area contributed by atoms with E-state index >= 15 is 0 Å². The zero-order valence-electron chi connectivity index (χ0n) is 12.4. The first-order valence-corrected chi connectivity index (χ1v) is 7.26. The van der Waals surface area contributed by atoms with Gasteiger partial charge >= 0.3 is 5.97 Å². The van der Waals surface area contributed by atoms with E-state index in [0.29, 0.717) is 5.69 Å². The Labute approximate surface area is 133 Å². The number of aliphatic carboxylic acids is 1. The summed E-state index contributed by atoms with van der Waals surface area (Å²) in [5.74, 6) is -1.36. The highest BCUT2D eigenvalue weighted by atomic mass is 16.4. The van der Waals surface area contributed by atoms with Crippen LogP contribution in [-0.2, 0) is 11.3 Å². The lowest BCUT2D eigenvalue weighted by Gasteiger charge is -2.20. The van der Waals surface area contributed by atoms with E-state index < -0.39 is 5.97 Å². The molecule has 0 unspecified atom stereocenters. The zero-order chi connectivity index (χ0) is 16.2. The van der Waals surface area contributed by atoms with Gasteiger partial charge in [0.25, 0.3) is 5.91 Å². The number of carboxylic acids is 1. The number of hydrogen-bond donors (Lipinski definition) is 2. The second-order valence-corrected chi connectivity index (χ2v) is 5.31. The maximum Gasteiger partial charge on any atom is 0.323 e. The molecule has 0 aliphatic carbocycles. The average Bonchev–Trinajstić information content (AvgIpc) is 2.98. The van der Waals surface area contributed by atoms with E-state index in [0.717, 1.165) is 16.5 Å². The summed E-state index contributed by atoms with van der Waals surface area (Å²) < 4.78 is 0. The highest BCUT2D eigenvalue weighted by molar-refractivity contribution is 5.99. The van der Waals surface area contributed by atoms with Gasteiger partial charge in [0, 0.05) is 17.4 Å². The Morgan fingerprint density at radius 3 is 2.39 bits per heavy atom. The third kappa shape index (κ3) is 3.40. The van der Waals surface area contributed by atoms with Gasteiger partial charge in [-0.3, -0.25) is 9.59 Å². The molecule has 5 nitrogen and oxygen atoms in total. The molecule has 5 heteroatoms. The summed E-state index contributed by atoms with van der Waals surface area (Å²) in [6.07, 6.45) is 0. The van der Waals surface area contributed by atoms with E-state index in [1.807, 2.05) is 54.6 Å². The molecule has 2 aromatic carbocycles. The largest absolute Gasteiger partial charge is 0.480 e. The smallest absolute Gasteiger partial charge is 0.323 e. The van der Waals surface area contributed by atoms with E-state index in [1.165, 1.54) is 4.90 Å². The summed E-state index contributed by atoms with van der Waals surface area (Å²) in [7, 11) is 0. The van der Waals surface area contributed by atoms with Gasteiger partial charge in [-0.15, -0.1) is 0 Å². The molecule has 116 valence electrons. The van der Waals surface area contributed by atoms with E-state index in [4.69, 9.17) is 5.11 Å². The van der Waals surface area contributed by atoms with Crippen molar-refractivity contribution in [1.82, 2.24) is 9.88 Å². The van der Waals surface area contributed by atoms with Crippen molar-refractivity contribution in [3.05, 3.63) is 71.9 Å². The number of fused-ring (bicyclic) bond motifs is 1. The maximum absolute atomic E-state index is 12.7. The van der Waals surface area contributed by atoms with E-state index in [1.54, 1.807) is 6.07 Å². The minimum atomic E-state index is -1.04. The minimum Gasteiger partial charge on any atom is -0.480 e. The third-order valence-corrected chi connectivity index (χ3v) is 3.59. The molecule has 3 aromatic rings. The third-order valence-electron chi connectivity index (χ3n) is 3.59. The number of para-hydroxylation sites is 1. The predicted octanol–water partition coefficient (Wildman–Crippen LogP) is 2.89. The van der Waals surface area contributed by atoms with Gasteiger partial charge in [-0.1, -0.05) is 48.5 Å². The molecule has 2 N–H and O–H groups in total. The molecule has 0 fully saturated rings. The number of nitrogens with zero attached hydrogens (tertiary/aromatic N) is 1. The highest BCUT2D eigenvalue weighted by Crippen LogP contribution is 2.17. The van der Waals surface area contributed by atoms with Crippen molar-refractivity contribution in [2.75, 3.05) is 6.54 Å². The molecule has 3 rings (SSSR count). The van der Waals surface area contributed by atoms with Gasteiger partial charge in [0.1, 0.15) is 12.2 Å². The van der Waals surface area contributed by atoms with Gasteiger partial charge in [-0.2, -0.15) is 0 Å². The Morgan fingerprint density at radius 2 is 1.70 bits per heavy atom. The molecule has 1 amide bonds. The van der Waals surface area contributed by atoms with Crippen LogP contribution < -0.4 is 0 Å². The van der Waals surface area contributed by atoms with Gasteiger partial charge in [0.2, 0.25) is 0 Å². The molecule has 0 bridgehead atoms. The Hall–Kier alpha value is -3.08. The molecule has 0 radical (unpaired) electrons. The van der Waals surface area contributed by atoms with Crippen molar-refractivity contribution in [3.8, 4) is 0 Å². The Morgan fingerprint density at radius 1 is 1.00 bits per heavy atom. The fraction of sp³-hybridized carbons (Fsp3) is 0.111. The second-order valence-electron chi connectivity index (χ2n) is 5.31. The van der Waals surface area contributed by atoms with Crippen LogP contribution in [0.25, 0.3) is 10.9 Å². The van der Waals surface area contributed by atoms with Crippen LogP contribution in [0, 0.1) is 0 Å². The number of aromatic nitrogens is 1. The molecular weight excluding hydrogens is 292 g/mol. The number of aromatic amines is 1. The summed E-state index contributed by atoms with van der Waals surface area (Å²) in [5, 5.41) is 10.0. The van der Waals surface area contributed by atoms with Crippen molar-refractivity contribution in [3.63, 3.8) is 0 Å². The number of rotatable bonds is 5. The van der Waals surface area contributed by atoms with E-state index in [2.05, 4.69) is 4.98 Å². The fourth-order valence-electron chi connectivity index (χ4n) is 2.53. The molecule has 0 atom stereocenters. The number of nitrogens with one attached hydrogen (secondary N) is 1. The lowest BCUT2D eigenvalue weighted by molar-refractivity contribution is -0.137. The minimum absolute atomic E-state index is 0.251. The highest BCUT2D eigenvalue weighted by Gasteiger charge is 2.20. The van der Waals surface area contributed by atoms with E-state index in [-0.39, 0.29) is 19.0 Å². The van der Waals surface area contributed by atoms with Gasteiger partial charge in [-0.05, 0) is 17.7 Å². The van der Waals surface area contributed by atoms with Crippen LogP contribution >= 0.6 is 0 Å². The summed E-state index contributed by atoms with van der Waals surface area (Å²) in [6, 6.07) is 18.6. The molecular formula is C18H16N2O3. The van der Waals surface area contributed by atoms with Crippen LogP contribution in [-0.4, -0.2) is 33.4 Å². The summed E-state index contributed by atoms with van der Waals surface area (Å²) in [6.45, 7) is -0.0928. The lowest BCUT2D eigenvalue weighted by Crippen LogP contribution is -2.35. The zero-order valence-corrected chi connectivity index (χ0v) is 12.4. The maximum atomic E-state index is 12.7. The Bertz CT molecular complexity index is 807. The first kappa shape index (κ1) is 14.8. The quantitative estimate of drug-likeness (QED) is 0.761. The number of amides is 1. The average molecular weight is 308 g/mol. The topological polar surface area (TPSA) is 73.4 Å². The summed E-state index contributed by atoms with van der Waals surface area (Å²) >= 11 is 0. The van der Waals surface area contributed by atoms with Crippen LogP contribution in [0.15, 0.2) is 60.7 Å². The van der Waals surface area contributed by atoms with Gasteiger partial charge in [0.05, 0.1) is 0 Å². The number of carbonyl (C=O) groups excluding carboxylic acids is 1. The molecule has 1 heterocycles. The molecule has 0 saturated heterocycles. The van der Waals surface area contributed by atoms with Crippen molar-refractivity contribution in [2.24, 2.45) is 0 Å². The van der Waals surface area contributed by atoms with Crippen molar-refractivity contribution >= 4 is 22.8 Å². The molecule has 23 heavy (non-hydrogen) atoms. The van der Waals surface area contributed by atoms with Crippen LogP contribution in [0.5, 0.6) is 0 Å². The van der Waals surface area contributed by atoms with Crippen LogP contribution in [0.2, 0.25) is 0 Å². The first-order chi connectivity index (χ1) is 11.1. The Kier molecular flexibility index (Phi) is 4.10. The van der Waals surface area contributed by atoms with Gasteiger partial charge < -0.3 is 15.0 Å². The second kappa shape index (κ2) is 6.36. The normalized spacial score (nSPS) is 10.6. The van der Waals surface area contributed by atoms with Crippen LogP contribution in [0.3, 0.4) is 0 Å². The predicted molar refractivity (Wildman–Crippen MR) is 87.1 cm³/mol. The van der Waals surface area contributed by atoms with Gasteiger partial charge in [-0.25, -0.2) is 0 Å². The number of carbonyl (C=O) groups is 2. The van der Waals surface area contributed by atoms with Crippen molar-refractivity contribution < 1.29 is 14.7 Å². The molecule has 0 aliphatic rings. The number of carboxylic acid groups (broad SMARTS) is 1. The number of H-pyrrole nitrogens is 1. The first-order valence-electron chi connectivity index (χ1n) is 7.26. The summed E-state index contributed by atoms with van der Waals surface area (Å²) in [4.78, 5) is 28.2. The lowest BCUT2D eigenvalue weighted by atomic mass is 10.2. The molecule has 1 aromatic heterocycles. The van der Waals surface area contributed by atoms with Gasteiger partial charge in [0.15, 0.2) is 0 Å². The molecule has 0 spiro atoms. The molecule has 0 saturated carbocycles. The monoisotopic (exact) mass is 308 g/mol. The SMILES string of the molecule is O=C(O)CN(Cc1ccccc1)C(=O)c1cc2ccccc2[nH]1. The standard InChI is InChI=1S/C18H16N2O3/c21-17(22)12-20(11-13-6-2-1-3-7-13)18(23)16-10-14-8-4-5-9-15(14)19-16/h1-10,19H,11-12H2,(H,21,22).